The number of carbonyl (C=O) groups is 1. The first-order valence-electron chi connectivity index (χ1n) is 5.65. The second-order valence-corrected chi connectivity index (χ2v) is 5.03. The zero-order valence-electron chi connectivity index (χ0n) is 9.54. The van der Waals surface area contributed by atoms with E-state index < -0.39 is 5.60 Å². The zero-order chi connectivity index (χ0) is 11.4. The summed E-state index contributed by atoms with van der Waals surface area (Å²) in [6.45, 7) is 4.07. The number of aryl methyl sites for hydroxylation is 1. The van der Waals surface area contributed by atoms with Crippen molar-refractivity contribution in [3.63, 3.8) is 0 Å². The lowest BCUT2D eigenvalue weighted by Crippen LogP contribution is -2.53. The maximum absolute atomic E-state index is 11.5. The molecule has 0 aromatic heterocycles. The molecule has 0 spiro atoms. The van der Waals surface area contributed by atoms with Crippen molar-refractivity contribution in [2.45, 2.75) is 37.8 Å². The molecule has 1 aromatic rings. The standard InChI is InChI=1S/C13H15NO2/c1-12-8-7-9-5-3-4-6-10(9)13(12,2)14-11(15)16-12/h3-6H,7-8H2,1-2H3,(H,14,15). The Morgan fingerprint density at radius 1 is 1.31 bits per heavy atom. The lowest BCUT2D eigenvalue weighted by atomic mass is 9.68. The third-order valence-corrected chi connectivity index (χ3v) is 4.16. The van der Waals surface area contributed by atoms with Crippen molar-refractivity contribution in [3.05, 3.63) is 35.4 Å². The summed E-state index contributed by atoms with van der Waals surface area (Å²) in [7, 11) is 0. The van der Waals surface area contributed by atoms with E-state index >= 15 is 0 Å². The molecule has 0 radical (unpaired) electrons. The molecule has 3 nitrogen and oxygen atoms in total. The highest BCUT2D eigenvalue weighted by atomic mass is 16.6. The number of ether oxygens (including phenoxy) is 1. The summed E-state index contributed by atoms with van der Waals surface area (Å²) in [5.41, 5.74) is 1.69. The van der Waals surface area contributed by atoms with Crippen LogP contribution in [0.4, 0.5) is 4.79 Å². The number of hydrogen-bond donors (Lipinski definition) is 1. The third-order valence-electron chi connectivity index (χ3n) is 4.16. The third kappa shape index (κ3) is 1.01. The smallest absolute Gasteiger partial charge is 0.408 e. The number of hydrogen-bond acceptors (Lipinski definition) is 2. The van der Waals surface area contributed by atoms with E-state index in [1.165, 1.54) is 11.1 Å². The molecule has 1 aromatic carbocycles. The van der Waals surface area contributed by atoms with Crippen molar-refractivity contribution in [1.82, 2.24) is 5.32 Å². The van der Waals surface area contributed by atoms with Gasteiger partial charge in [-0.05, 0) is 37.8 Å². The van der Waals surface area contributed by atoms with E-state index in [0.29, 0.717) is 0 Å². The molecule has 2 aliphatic rings. The Kier molecular flexibility index (Phi) is 1.69. The van der Waals surface area contributed by atoms with Gasteiger partial charge in [-0.1, -0.05) is 24.3 Å². The van der Waals surface area contributed by atoms with Crippen molar-refractivity contribution in [2.24, 2.45) is 0 Å². The predicted molar refractivity (Wildman–Crippen MR) is 60.1 cm³/mol. The van der Waals surface area contributed by atoms with Gasteiger partial charge in [-0.2, -0.15) is 0 Å². The summed E-state index contributed by atoms with van der Waals surface area (Å²) in [6, 6.07) is 8.27. The molecule has 1 aliphatic carbocycles. The second kappa shape index (κ2) is 2.78. The maximum Gasteiger partial charge on any atom is 0.408 e. The van der Waals surface area contributed by atoms with Crippen LogP contribution in [0.15, 0.2) is 24.3 Å². The molecule has 1 N–H and O–H groups in total. The minimum atomic E-state index is -0.418. The molecule has 3 rings (SSSR count). The van der Waals surface area contributed by atoms with Crippen molar-refractivity contribution in [2.75, 3.05) is 0 Å². The first kappa shape index (κ1) is 9.70. The molecule has 3 heteroatoms. The molecule has 2 unspecified atom stereocenters. The summed E-state index contributed by atoms with van der Waals surface area (Å²) in [6.07, 6.45) is 1.54. The van der Waals surface area contributed by atoms with Gasteiger partial charge in [0.15, 0.2) is 0 Å². The minimum Gasteiger partial charge on any atom is -0.440 e. The van der Waals surface area contributed by atoms with Crippen molar-refractivity contribution in [1.29, 1.82) is 0 Å². The van der Waals surface area contributed by atoms with Gasteiger partial charge in [0, 0.05) is 0 Å². The van der Waals surface area contributed by atoms with Gasteiger partial charge in [0.25, 0.3) is 0 Å². The van der Waals surface area contributed by atoms with Crippen LogP contribution in [0.2, 0.25) is 0 Å². The van der Waals surface area contributed by atoms with E-state index in [2.05, 4.69) is 24.4 Å². The predicted octanol–water partition coefficient (Wildman–Crippen LogP) is 2.35. The number of benzene rings is 1. The lowest BCUT2D eigenvalue weighted by molar-refractivity contribution is 0.00603. The molecule has 2 atom stereocenters. The molecule has 1 fully saturated rings. The van der Waals surface area contributed by atoms with Gasteiger partial charge in [-0.25, -0.2) is 4.79 Å². The Bertz CT molecular complexity index is 471. The Labute approximate surface area is 94.8 Å². The van der Waals surface area contributed by atoms with Crippen molar-refractivity contribution >= 4 is 6.09 Å². The van der Waals surface area contributed by atoms with Crippen LogP contribution in [0, 0.1) is 0 Å². The van der Waals surface area contributed by atoms with Gasteiger partial charge >= 0.3 is 6.09 Å². The summed E-state index contributed by atoms with van der Waals surface area (Å²) in [5.74, 6) is 0. The van der Waals surface area contributed by atoms with Gasteiger partial charge in [0.05, 0.1) is 0 Å². The SMILES string of the molecule is CC12CCc3ccccc3C1(C)NC(=O)O2. The summed E-state index contributed by atoms with van der Waals surface area (Å²) in [4.78, 5) is 11.5. The molecule has 1 heterocycles. The van der Waals surface area contributed by atoms with Crippen LogP contribution in [-0.4, -0.2) is 11.7 Å². The van der Waals surface area contributed by atoms with Crippen LogP contribution < -0.4 is 5.32 Å². The topological polar surface area (TPSA) is 38.3 Å². The van der Waals surface area contributed by atoms with Gasteiger partial charge in [0.1, 0.15) is 11.1 Å². The van der Waals surface area contributed by atoms with Gasteiger partial charge in [-0.15, -0.1) is 0 Å². The minimum absolute atomic E-state index is 0.304. The van der Waals surface area contributed by atoms with E-state index in [9.17, 15) is 4.79 Å². The van der Waals surface area contributed by atoms with E-state index in [-0.39, 0.29) is 11.6 Å². The van der Waals surface area contributed by atoms with Crippen LogP contribution in [0.25, 0.3) is 0 Å². The molecular formula is C13H15NO2. The zero-order valence-corrected chi connectivity index (χ0v) is 9.54. The van der Waals surface area contributed by atoms with Crippen LogP contribution in [0.5, 0.6) is 0 Å². The van der Waals surface area contributed by atoms with Crippen molar-refractivity contribution < 1.29 is 9.53 Å². The first-order chi connectivity index (χ1) is 7.55. The molecular weight excluding hydrogens is 202 g/mol. The Balaban J connectivity index is 2.21. The molecule has 0 bridgehead atoms. The number of rotatable bonds is 0. The lowest BCUT2D eigenvalue weighted by Gasteiger charge is -2.42. The van der Waals surface area contributed by atoms with E-state index in [4.69, 9.17) is 4.74 Å². The van der Waals surface area contributed by atoms with E-state index in [0.717, 1.165) is 12.8 Å². The molecule has 1 amide bonds. The summed E-state index contributed by atoms with van der Waals surface area (Å²) >= 11 is 0. The second-order valence-electron chi connectivity index (χ2n) is 5.03. The van der Waals surface area contributed by atoms with Crippen LogP contribution >= 0.6 is 0 Å². The number of alkyl carbamates (subject to hydrolysis) is 1. The number of carbonyl (C=O) groups excluding carboxylic acids is 1. The van der Waals surface area contributed by atoms with Gasteiger partial charge in [-0.3, -0.25) is 0 Å². The van der Waals surface area contributed by atoms with Gasteiger partial charge < -0.3 is 10.1 Å². The summed E-state index contributed by atoms with van der Waals surface area (Å²) < 4.78 is 5.46. The monoisotopic (exact) mass is 217 g/mol. The highest BCUT2D eigenvalue weighted by Crippen LogP contribution is 2.47. The first-order valence-corrected chi connectivity index (χ1v) is 5.65. The molecule has 1 saturated heterocycles. The van der Waals surface area contributed by atoms with Crippen LogP contribution in [0.1, 0.15) is 31.4 Å². The maximum atomic E-state index is 11.5. The van der Waals surface area contributed by atoms with E-state index in [1.54, 1.807) is 0 Å². The number of fused-ring (bicyclic) bond motifs is 3. The highest BCUT2D eigenvalue weighted by Gasteiger charge is 2.57. The Morgan fingerprint density at radius 3 is 2.88 bits per heavy atom. The molecule has 16 heavy (non-hydrogen) atoms. The fourth-order valence-electron chi connectivity index (χ4n) is 2.92. The Hall–Kier alpha value is -1.51. The number of amides is 1. The van der Waals surface area contributed by atoms with E-state index in [1.807, 2.05) is 19.1 Å². The Morgan fingerprint density at radius 2 is 2.06 bits per heavy atom. The quantitative estimate of drug-likeness (QED) is 0.724. The molecule has 84 valence electrons. The van der Waals surface area contributed by atoms with Crippen LogP contribution in [-0.2, 0) is 16.7 Å². The molecule has 1 aliphatic heterocycles. The molecule has 0 saturated carbocycles. The van der Waals surface area contributed by atoms with Crippen molar-refractivity contribution in [3.8, 4) is 0 Å². The fourth-order valence-corrected chi connectivity index (χ4v) is 2.92. The average Bonchev–Trinajstić information content (AvgIpc) is 2.49. The van der Waals surface area contributed by atoms with Crippen LogP contribution in [0.3, 0.4) is 0 Å². The summed E-state index contributed by atoms with van der Waals surface area (Å²) in [5, 5.41) is 2.97. The highest BCUT2D eigenvalue weighted by molar-refractivity contribution is 5.73. The fraction of sp³-hybridized carbons (Fsp3) is 0.462. The number of nitrogens with one attached hydrogen (secondary N) is 1. The average molecular weight is 217 g/mol. The van der Waals surface area contributed by atoms with Gasteiger partial charge in [0.2, 0.25) is 0 Å². The normalized spacial score (nSPS) is 36.0. The largest absolute Gasteiger partial charge is 0.440 e.